The lowest BCUT2D eigenvalue weighted by molar-refractivity contribution is 0.164. The average Bonchev–Trinajstić information content (AvgIpc) is 2.60. The predicted molar refractivity (Wildman–Crippen MR) is 57.2 cm³/mol. The fraction of sp³-hybridized carbons (Fsp3) is 0.300. The number of nitrogens with zero attached hydrogens (tertiary/aromatic N) is 1. The fourth-order valence-corrected chi connectivity index (χ4v) is 2.36. The van der Waals surface area contributed by atoms with Crippen molar-refractivity contribution in [2.45, 2.75) is 12.7 Å². The molecule has 0 unspecified atom stereocenters. The summed E-state index contributed by atoms with van der Waals surface area (Å²) >= 11 is 1.32. The van der Waals surface area contributed by atoms with E-state index in [1.165, 1.54) is 28.4 Å². The second kappa shape index (κ2) is 4.10. The minimum atomic E-state index is -0.438. The second-order valence-electron chi connectivity index (χ2n) is 3.04. The number of rotatable bonds is 1. The summed E-state index contributed by atoms with van der Waals surface area (Å²) in [5.41, 5.74) is 1.55. The normalized spacial score (nSPS) is 13.9. The van der Waals surface area contributed by atoms with Crippen LogP contribution in [-0.4, -0.2) is 12.7 Å². The SMILES string of the molecule is CCOC(=O)N1SCc2ccc(F)cc21. The van der Waals surface area contributed by atoms with E-state index >= 15 is 0 Å². The van der Waals surface area contributed by atoms with Crippen molar-refractivity contribution >= 4 is 23.7 Å². The Morgan fingerprint density at radius 3 is 3.20 bits per heavy atom. The zero-order chi connectivity index (χ0) is 10.8. The Hall–Kier alpha value is -1.23. The van der Waals surface area contributed by atoms with E-state index in [9.17, 15) is 9.18 Å². The van der Waals surface area contributed by atoms with Gasteiger partial charge in [0, 0.05) is 5.75 Å². The highest BCUT2D eigenvalue weighted by Crippen LogP contribution is 2.38. The van der Waals surface area contributed by atoms with E-state index in [4.69, 9.17) is 4.74 Å². The quantitative estimate of drug-likeness (QED) is 0.691. The lowest BCUT2D eigenvalue weighted by Crippen LogP contribution is -2.22. The van der Waals surface area contributed by atoms with Crippen LogP contribution in [0.3, 0.4) is 0 Å². The highest BCUT2D eigenvalue weighted by molar-refractivity contribution is 8.01. The van der Waals surface area contributed by atoms with Crippen LogP contribution in [-0.2, 0) is 10.5 Å². The monoisotopic (exact) mass is 227 g/mol. The van der Waals surface area contributed by atoms with Crippen molar-refractivity contribution in [2.75, 3.05) is 10.9 Å². The van der Waals surface area contributed by atoms with Crippen LogP contribution in [0.15, 0.2) is 18.2 Å². The van der Waals surface area contributed by atoms with E-state index in [-0.39, 0.29) is 5.82 Å². The molecule has 0 N–H and O–H groups in total. The van der Waals surface area contributed by atoms with E-state index in [0.717, 1.165) is 5.56 Å². The van der Waals surface area contributed by atoms with Crippen LogP contribution < -0.4 is 4.31 Å². The standard InChI is InChI=1S/C10H10FNO2S/c1-2-14-10(13)12-9-5-8(11)4-3-7(9)6-15-12/h3-5H,2,6H2,1H3. The molecule has 1 aliphatic heterocycles. The van der Waals surface area contributed by atoms with Crippen molar-refractivity contribution in [2.24, 2.45) is 0 Å². The Bertz CT molecular complexity index is 397. The minimum Gasteiger partial charge on any atom is -0.449 e. The van der Waals surface area contributed by atoms with Gasteiger partial charge in [-0.1, -0.05) is 6.07 Å². The van der Waals surface area contributed by atoms with E-state index in [2.05, 4.69) is 0 Å². The first-order chi connectivity index (χ1) is 7.22. The van der Waals surface area contributed by atoms with Crippen LogP contribution >= 0.6 is 11.9 Å². The molecule has 80 valence electrons. The maximum Gasteiger partial charge on any atom is 0.424 e. The number of halogens is 1. The highest BCUT2D eigenvalue weighted by atomic mass is 32.2. The van der Waals surface area contributed by atoms with Gasteiger partial charge in [0.2, 0.25) is 0 Å². The van der Waals surface area contributed by atoms with Crippen molar-refractivity contribution in [3.05, 3.63) is 29.6 Å². The van der Waals surface area contributed by atoms with Gasteiger partial charge in [0.05, 0.1) is 12.3 Å². The molecule has 0 aliphatic carbocycles. The molecule has 3 nitrogen and oxygen atoms in total. The van der Waals surface area contributed by atoms with Gasteiger partial charge in [-0.3, -0.25) is 0 Å². The number of hydrogen-bond donors (Lipinski definition) is 0. The van der Waals surface area contributed by atoms with Gasteiger partial charge in [-0.05, 0) is 36.6 Å². The molecule has 0 spiro atoms. The smallest absolute Gasteiger partial charge is 0.424 e. The van der Waals surface area contributed by atoms with Crippen LogP contribution in [0.1, 0.15) is 12.5 Å². The molecule has 15 heavy (non-hydrogen) atoms. The Kier molecular flexibility index (Phi) is 2.81. The van der Waals surface area contributed by atoms with E-state index < -0.39 is 6.09 Å². The number of ether oxygens (including phenoxy) is 1. The van der Waals surface area contributed by atoms with Crippen molar-refractivity contribution in [3.8, 4) is 0 Å². The highest BCUT2D eigenvalue weighted by Gasteiger charge is 2.27. The van der Waals surface area contributed by atoms with Crippen molar-refractivity contribution < 1.29 is 13.9 Å². The molecule has 0 saturated heterocycles. The number of amides is 1. The Balaban J connectivity index is 2.27. The van der Waals surface area contributed by atoms with Crippen LogP contribution in [0.2, 0.25) is 0 Å². The molecule has 1 aromatic rings. The molecule has 0 bridgehead atoms. The van der Waals surface area contributed by atoms with Gasteiger partial charge in [0.15, 0.2) is 0 Å². The number of hydrogen-bond acceptors (Lipinski definition) is 3. The van der Waals surface area contributed by atoms with Crippen molar-refractivity contribution in [1.29, 1.82) is 0 Å². The molecule has 1 heterocycles. The average molecular weight is 227 g/mol. The lowest BCUT2D eigenvalue weighted by atomic mass is 10.2. The third-order valence-corrected chi connectivity index (χ3v) is 3.09. The predicted octanol–water partition coefficient (Wildman–Crippen LogP) is 2.95. The van der Waals surface area contributed by atoms with Gasteiger partial charge in [-0.2, -0.15) is 0 Å². The van der Waals surface area contributed by atoms with Gasteiger partial charge in [-0.15, -0.1) is 0 Å². The summed E-state index contributed by atoms with van der Waals surface area (Å²) in [6.07, 6.45) is -0.438. The zero-order valence-electron chi connectivity index (χ0n) is 8.20. The maximum atomic E-state index is 13.0. The number of carbonyl (C=O) groups excluding carboxylic acids is 1. The van der Waals surface area contributed by atoms with Gasteiger partial charge >= 0.3 is 6.09 Å². The van der Waals surface area contributed by atoms with Gasteiger partial charge < -0.3 is 4.74 Å². The number of anilines is 1. The molecule has 0 saturated carbocycles. The van der Waals surface area contributed by atoms with E-state index in [0.29, 0.717) is 18.0 Å². The van der Waals surface area contributed by atoms with Gasteiger partial charge in [0.1, 0.15) is 5.82 Å². The first kappa shape index (κ1) is 10.3. The summed E-state index contributed by atoms with van der Waals surface area (Å²) in [7, 11) is 0. The van der Waals surface area contributed by atoms with Crippen molar-refractivity contribution in [1.82, 2.24) is 0 Å². The molecule has 0 atom stereocenters. The molecule has 0 radical (unpaired) electrons. The minimum absolute atomic E-state index is 0.320. The second-order valence-corrected chi connectivity index (χ2v) is 3.95. The topological polar surface area (TPSA) is 29.5 Å². The molecule has 5 heteroatoms. The Labute approximate surface area is 91.3 Å². The summed E-state index contributed by atoms with van der Waals surface area (Å²) in [5, 5.41) is 0. The number of benzene rings is 1. The third-order valence-electron chi connectivity index (χ3n) is 2.05. The summed E-state index contributed by atoms with van der Waals surface area (Å²) in [6, 6.07) is 4.44. The zero-order valence-corrected chi connectivity index (χ0v) is 9.01. The lowest BCUT2D eigenvalue weighted by Gasteiger charge is -2.14. The summed E-state index contributed by atoms with van der Waals surface area (Å²) in [5.74, 6) is 0.333. The molecule has 0 fully saturated rings. The number of carbonyl (C=O) groups is 1. The first-order valence-corrected chi connectivity index (χ1v) is 5.55. The van der Waals surface area contributed by atoms with Crippen LogP contribution in [0.25, 0.3) is 0 Å². The maximum absolute atomic E-state index is 13.0. The number of fused-ring (bicyclic) bond motifs is 1. The van der Waals surface area contributed by atoms with E-state index in [1.54, 1.807) is 13.0 Å². The van der Waals surface area contributed by atoms with Crippen LogP contribution in [0.4, 0.5) is 14.9 Å². The summed E-state index contributed by atoms with van der Waals surface area (Å²) in [4.78, 5) is 11.5. The fourth-order valence-electron chi connectivity index (χ4n) is 1.38. The Morgan fingerprint density at radius 1 is 1.67 bits per heavy atom. The van der Waals surface area contributed by atoms with E-state index in [1.807, 2.05) is 0 Å². The third kappa shape index (κ3) is 1.92. The van der Waals surface area contributed by atoms with Gasteiger partial charge in [-0.25, -0.2) is 13.5 Å². The van der Waals surface area contributed by atoms with Crippen LogP contribution in [0, 0.1) is 5.82 Å². The largest absolute Gasteiger partial charge is 0.449 e. The van der Waals surface area contributed by atoms with Crippen LogP contribution in [0.5, 0.6) is 0 Å². The molecule has 1 aromatic carbocycles. The molecular formula is C10H10FNO2S. The van der Waals surface area contributed by atoms with Crippen molar-refractivity contribution in [3.63, 3.8) is 0 Å². The molecular weight excluding hydrogens is 217 g/mol. The molecule has 1 amide bonds. The summed E-state index contributed by atoms with van der Waals surface area (Å²) < 4.78 is 19.3. The summed E-state index contributed by atoms with van der Waals surface area (Å²) in [6.45, 7) is 2.06. The molecule has 0 aromatic heterocycles. The van der Waals surface area contributed by atoms with Gasteiger partial charge in [0.25, 0.3) is 0 Å². The molecule has 1 aliphatic rings. The first-order valence-electron chi connectivity index (χ1n) is 4.60. The Morgan fingerprint density at radius 2 is 2.47 bits per heavy atom. The molecule has 2 rings (SSSR count).